The van der Waals surface area contributed by atoms with Gasteiger partial charge < -0.3 is 20.1 Å². The fourth-order valence-electron chi connectivity index (χ4n) is 2.39. The molecule has 0 aliphatic heterocycles. The molecule has 0 aliphatic carbocycles. The Labute approximate surface area is 201 Å². The Hall–Kier alpha value is -1.68. The lowest BCUT2D eigenvalue weighted by Crippen LogP contribution is -2.43. The first kappa shape index (κ1) is 26.4. The number of halogens is 1. The van der Waals surface area contributed by atoms with Crippen LogP contribution in [0.1, 0.15) is 32.8 Å². The number of nitrogens with one attached hydrogen (secondary N) is 2. The minimum atomic E-state index is 0. The lowest BCUT2D eigenvalue weighted by Gasteiger charge is -2.23. The lowest BCUT2D eigenvalue weighted by molar-refractivity contribution is 0.300. The fraction of sp³-hybridized carbons (Fsp3) is 0.455. The van der Waals surface area contributed by atoms with Gasteiger partial charge in [-0.3, -0.25) is 4.99 Å². The van der Waals surface area contributed by atoms with Gasteiger partial charge in [-0.2, -0.15) is 11.8 Å². The minimum Gasteiger partial charge on any atom is -0.490 e. The molecule has 166 valence electrons. The fourth-order valence-corrected chi connectivity index (χ4v) is 2.61. The molecule has 2 N–H and O–H groups in total. The second-order valence-corrected chi connectivity index (χ2v) is 8.62. The van der Waals surface area contributed by atoms with Gasteiger partial charge in [-0.25, -0.2) is 4.98 Å². The van der Waals surface area contributed by atoms with Crippen LogP contribution in [0, 0.1) is 0 Å². The van der Waals surface area contributed by atoms with Gasteiger partial charge in [-0.15, -0.1) is 24.0 Å². The summed E-state index contributed by atoms with van der Waals surface area (Å²) < 4.78 is 12.0. The summed E-state index contributed by atoms with van der Waals surface area (Å²) in [6.07, 6.45) is 4.77. The highest BCUT2D eigenvalue weighted by molar-refractivity contribution is 14.0. The molecule has 0 fully saturated rings. The number of nitrogens with zero attached hydrogens (tertiary/aromatic N) is 2. The van der Waals surface area contributed by atoms with Crippen molar-refractivity contribution in [2.45, 2.75) is 38.5 Å². The molecule has 0 aliphatic rings. The quantitative estimate of drug-likeness (QED) is 0.247. The maximum absolute atomic E-state index is 6.10. The standard InChI is InChI=1S/C22H32N4O2S.HI/c1-6-14-27-18-11-7-8-12-19(18)28-20-17(10-9-13-24-20)15-25-21(23-4)26-16-22(2,3)29-5;/h7-13H,6,14-16H2,1-5H3,(H2,23,25,26);1H. The smallest absolute Gasteiger partial charge is 0.224 e. The predicted molar refractivity (Wildman–Crippen MR) is 138 cm³/mol. The van der Waals surface area contributed by atoms with Crippen molar-refractivity contribution in [3.8, 4) is 17.4 Å². The molecule has 0 bridgehead atoms. The molecule has 0 saturated heterocycles. The summed E-state index contributed by atoms with van der Waals surface area (Å²) in [5.74, 6) is 2.67. The van der Waals surface area contributed by atoms with Crippen LogP contribution < -0.4 is 20.1 Å². The molecular formula is C22H33IN4O2S. The molecule has 0 spiro atoms. The second-order valence-electron chi connectivity index (χ2n) is 7.11. The van der Waals surface area contributed by atoms with Crippen LogP contribution in [-0.4, -0.2) is 42.1 Å². The first-order valence-corrected chi connectivity index (χ1v) is 11.0. The second kappa shape index (κ2) is 13.6. The van der Waals surface area contributed by atoms with E-state index in [0.29, 0.717) is 24.8 Å². The molecule has 2 aromatic rings. The van der Waals surface area contributed by atoms with Gasteiger partial charge in [0.2, 0.25) is 5.88 Å². The Morgan fingerprint density at radius 1 is 1.13 bits per heavy atom. The van der Waals surface area contributed by atoms with E-state index in [1.165, 1.54) is 0 Å². The van der Waals surface area contributed by atoms with Gasteiger partial charge in [0.05, 0.1) is 6.61 Å². The number of hydrogen-bond acceptors (Lipinski definition) is 5. The number of para-hydroxylation sites is 2. The van der Waals surface area contributed by atoms with Crippen LogP contribution >= 0.6 is 35.7 Å². The van der Waals surface area contributed by atoms with E-state index in [0.717, 1.165) is 30.2 Å². The Kier molecular flexibility index (Phi) is 11.9. The average molecular weight is 545 g/mol. The van der Waals surface area contributed by atoms with Crippen LogP contribution in [0.2, 0.25) is 0 Å². The van der Waals surface area contributed by atoms with Crippen LogP contribution in [-0.2, 0) is 6.54 Å². The molecular weight excluding hydrogens is 511 g/mol. The summed E-state index contributed by atoms with van der Waals surface area (Å²) in [5.41, 5.74) is 0.935. The molecule has 0 saturated carbocycles. The third-order valence-corrected chi connectivity index (χ3v) is 5.52. The number of guanidine groups is 1. The first-order valence-electron chi connectivity index (χ1n) is 9.82. The molecule has 0 amide bonds. The molecule has 0 atom stereocenters. The Morgan fingerprint density at radius 2 is 1.87 bits per heavy atom. The maximum atomic E-state index is 6.10. The van der Waals surface area contributed by atoms with Gasteiger partial charge in [0, 0.05) is 36.6 Å². The molecule has 0 unspecified atom stereocenters. The zero-order chi connectivity index (χ0) is 21.1. The van der Waals surface area contributed by atoms with Crippen molar-refractivity contribution in [3.05, 3.63) is 48.2 Å². The van der Waals surface area contributed by atoms with E-state index in [4.69, 9.17) is 9.47 Å². The van der Waals surface area contributed by atoms with Gasteiger partial charge in [0.25, 0.3) is 0 Å². The number of pyridine rings is 1. The summed E-state index contributed by atoms with van der Waals surface area (Å²) >= 11 is 1.82. The topological polar surface area (TPSA) is 67.8 Å². The number of ether oxygens (including phenoxy) is 2. The molecule has 1 aromatic carbocycles. The summed E-state index contributed by atoms with van der Waals surface area (Å²) in [6.45, 7) is 8.47. The predicted octanol–water partition coefficient (Wildman–Crippen LogP) is 5.09. The summed E-state index contributed by atoms with van der Waals surface area (Å²) in [5, 5.41) is 6.70. The van der Waals surface area contributed by atoms with Crippen molar-refractivity contribution in [2.24, 2.45) is 4.99 Å². The van der Waals surface area contributed by atoms with E-state index >= 15 is 0 Å². The van der Waals surface area contributed by atoms with Crippen molar-refractivity contribution in [1.29, 1.82) is 0 Å². The highest BCUT2D eigenvalue weighted by Crippen LogP contribution is 2.31. The molecule has 2 rings (SSSR count). The number of aromatic nitrogens is 1. The largest absolute Gasteiger partial charge is 0.490 e. The summed E-state index contributed by atoms with van der Waals surface area (Å²) in [7, 11) is 1.77. The highest BCUT2D eigenvalue weighted by atomic mass is 127. The molecule has 6 nitrogen and oxygen atoms in total. The molecule has 1 heterocycles. The molecule has 0 radical (unpaired) electrons. The SMILES string of the molecule is CCCOc1ccccc1Oc1ncccc1CNC(=NC)NCC(C)(C)SC.I. The van der Waals surface area contributed by atoms with Crippen LogP contribution in [0.5, 0.6) is 17.4 Å². The van der Waals surface area contributed by atoms with Crippen molar-refractivity contribution < 1.29 is 9.47 Å². The van der Waals surface area contributed by atoms with Gasteiger partial charge >= 0.3 is 0 Å². The number of thioether (sulfide) groups is 1. The third kappa shape index (κ3) is 8.59. The van der Waals surface area contributed by atoms with Crippen molar-refractivity contribution in [2.75, 3.05) is 26.5 Å². The highest BCUT2D eigenvalue weighted by Gasteiger charge is 2.16. The van der Waals surface area contributed by atoms with E-state index in [2.05, 4.69) is 47.6 Å². The maximum Gasteiger partial charge on any atom is 0.224 e. The Bertz CT molecular complexity index is 802. The molecule has 1 aromatic heterocycles. The van der Waals surface area contributed by atoms with Gasteiger partial charge in [-0.1, -0.05) is 25.1 Å². The number of aliphatic imine (C=N–C) groups is 1. The zero-order valence-corrected chi connectivity index (χ0v) is 21.5. The Balaban J connectivity index is 0.00000450. The summed E-state index contributed by atoms with van der Waals surface area (Å²) in [4.78, 5) is 8.72. The first-order chi connectivity index (χ1) is 14.0. The van der Waals surface area contributed by atoms with Crippen LogP contribution in [0.4, 0.5) is 0 Å². The third-order valence-electron chi connectivity index (χ3n) is 4.27. The van der Waals surface area contributed by atoms with E-state index in [1.54, 1.807) is 13.2 Å². The average Bonchev–Trinajstić information content (AvgIpc) is 2.74. The molecule has 30 heavy (non-hydrogen) atoms. The monoisotopic (exact) mass is 544 g/mol. The van der Waals surface area contributed by atoms with Crippen molar-refractivity contribution >= 4 is 41.7 Å². The normalized spacial score (nSPS) is 11.4. The minimum absolute atomic E-state index is 0. The summed E-state index contributed by atoms with van der Waals surface area (Å²) in [6, 6.07) is 11.5. The van der Waals surface area contributed by atoms with E-state index in [9.17, 15) is 0 Å². The number of hydrogen-bond donors (Lipinski definition) is 2. The lowest BCUT2D eigenvalue weighted by atomic mass is 10.2. The van der Waals surface area contributed by atoms with Gasteiger partial charge in [0.15, 0.2) is 17.5 Å². The number of benzene rings is 1. The van der Waals surface area contributed by atoms with E-state index in [-0.39, 0.29) is 28.7 Å². The van der Waals surface area contributed by atoms with Crippen LogP contribution in [0.3, 0.4) is 0 Å². The van der Waals surface area contributed by atoms with Crippen molar-refractivity contribution in [3.63, 3.8) is 0 Å². The van der Waals surface area contributed by atoms with E-state index in [1.807, 2.05) is 48.2 Å². The van der Waals surface area contributed by atoms with Crippen LogP contribution in [0.15, 0.2) is 47.6 Å². The molecule has 8 heteroatoms. The van der Waals surface area contributed by atoms with Gasteiger partial charge in [-0.05, 0) is 44.7 Å². The van der Waals surface area contributed by atoms with E-state index < -0.39 is 0 Å². The van der Waals surface area contributed by atoms with Crippen molar-refractivity contribution in [1.82, 2.24) is 15.6 Å². The Morgan fingerprint density at radius 3 is 2.53 bits per heavy atom. The van der Waals surface area contributed by atoms with Gasteiger partial charge in [0.1, 0.15) is 0 Å². The number of rotatable bonds is 10. The van der Waals surface area contributed by atoms with Crippen LogP contribution in [0.25, 0.3) is 0 Å². The zero-order valence-electron chi connectivity index (χ0n) is 18.4.